The molecule has 0 bridgehead atoms. The van der Waals surface area contributed by atoms with Gasteiger partial charge in [0.15, 0.2) is 6.10 Å². The van der Waals surface area contributed by atoms with E-state index in [0.29, 0.717) is 23.4 Å². The molecule has 3 nitrogen and oxygen atoms in total. The highest BCUT2D eigenvalue weighted by molar-refractivity contribution is 9.10. The van der Waals surface area contributed by atoms with Gasteiger partial charge in [0, 0.05) is 10.0 Å². The standard InChI is InChI=1S/C17H18BrNO2/c1-3-15(17(20)12-5-7-13(18)8-6-12)21-16-9-4-11(2)10-14(16)19/h4-10,15H,3,19H2,1-2H3. The van der Waals surface area contributed by atoms with E-state index in [9.17, 15) is 4.79 Å². The summed E-state index contributed by atoms with van der Waals surface area (Å²) < 4.78 is 6.75. The van der Waals surface area contributed by atoms with Gasteiger partial charge in [-0.3, -0.25) is 4.79 Å². The van der Waals surface area contributed by atoms with Gasteiger partial charge in [0.25, 0.3) is 0 Å². The Bertz CT molecular complexity index is 638. The van der Waals surface area contributed by atoms with Crippen LogP contribution in [0, 0.1) is 6.92 Å². The van der Waals surface area contributed by atoms with Crippen LogP contribution in [0.1, 0.15) is 29.3 Å². The van der Waals surface area contributed by atoms with Crippen molar-refractivity contribution >= 4 is 27.4 Å². The Kier molecular flexibility index (Phi) is 5.02. The molecule has 21 heavy (non-hydrogen) atoms. The molecule has 110 valence electrons. The van der Waals surface area contributed by atoms with Gasteiger partial charge in [0.05, 0.1) is 5.69 Å². The molecular weight excluding hydrogens is 330 g/mol. The zero-order chi connectivity index (χ0) is 15.4. The predicted molar refractivity (Wildman–Crippen MR) is 88.8 cm³/mol. The van der Waals surface area contributed by atoms with Crippen molar-refractivity contribution in [3.63, 3.8) is 0 Å². The van der Waals surface area contributed by atoms with Crippen molar-refractivity contribution in [3.8, 4) is 5.75 Å². The Hall–Kier alpha value is -1.81. The van der Waals surface area contributed by atoms with Gasteiger partial charge in [0.1, 0.15) is 5.75 Å². The Labute approximate surface area is 133 Å². The number of anilines is 1. The Morgan fingerprint density at radius 1 is 1.24 bits per heavy atom. The van der Waals surface area contributed by atoms with E-state index < -0.39 is 6.10 Å². The van der Waals surface area contributed by atoms with Crippen LogP contribution in [-0.2, 0) is 0 Å². The number of benzene rings is 2. The zero-order valence-corrected chi connectivity index (χ0v) is 13.7. The molecule has 0 aliphatic rings. The number of nitrogens with two attached hydrogens (primary N) is 1. The summed E-state index contributed by atoms with van der Waals surface area (Å²) in [7, 11) is 0. The van der Waals surface area contributed by atoms with Gasteiger partial charge in [-0.25, -0.2) is 0 Å². The summed E-state index contributed by atoms with van der Waals surface area (Å²) in [6.45, 7) is 3.89. The quantitative estimate of drug-likeness (QED) is 0.644. The summed E-state index contributed by atoms with van der Waals surface area (Å²) in [5.74, 6) is 0.517. The minimum atomic E-state index is -0.531. The van der Waals surface area contributed by atoms with Gasteiger partial charge >= 0.3 is 0 Å². The zero-order valence-electron chi connectivity index (χ0n) is 12.1. The van der Waals surface area contributed by atoms with Crippen molar-refractivity contribution in [2.75, 3.05) is 5.73 Å². The van der Waals surface area contributed by atoms with Crippen molar-refractivity contribution in [2.24, 2.45) is 0 Å². The van der Waals surface area contributed by atoms with Crippen LogP contribution in [-0.4, -0.2) is 11.9 Å². The maximum Gasteiger partial charge on any atom is 0.203 e. The first kappa shape index (κ1) is 15.6. The second-order valence-electron chi connectivity index (χ2n) is 4.93. The minimum Gasteiger partial charge on any atom is -0.480 e. The van der Waals surface area contributed by atoms with Crippen LogP contribution in [0.15, 0.2) is 46.9 Å². The third-order valence-electron chi connectivity index (χ3n) is 3.23. The first-order valence-corrected chi connectivity index (χ1v) is 7.63. The van der Waals surface area contributed by atoms with Crippen LogP contribution in [0.4, 0.5) is 5.69 Å². The van der Waals surface area contributed by atoms with Crippen molar-refractivity contribution in [1.82, 2.24) is 0 Å². The fourth-order valence-electron chi connectivity index (χ4n) is 2.05. The molecule has 0 saturated carbocycles. The summed E-state index contributed by atoms with van der Waals surface area (Å²) in [6, 6.07) is 12.8. The summed E-state index contributed by atoms with van der Waals surface area (Å²) in [5, 5.41) is 0. The number of aryl methyl sites for hydroxylation is 1. The fourth-order valence-corrected chi connectivity index (χ4v) is 2.32. The maximum atomic E-state index is 12.5. The number of carbonyl (C=O) groups is 1. The molecule has 0 aliphatic carbocycles. The third kappa shape index (κ3) is 3.85. The number of nitrogen functional groups attached to an aromatic ring is 1. The molecule has 0 saturated heterocycles. The van der Waals surface area contributed by atoms with Gasteiger partial charge in [-0.1, -0.05) is 41.1 Å². The molecule has 0 fully saturated rings. The number of rotatable bonds is 5. The minimum absolute atomic E-state index is 0.0371. The SMILES string of the molecule is CCC(Oc1ccc(C)cc1N)C(=O)c1ccc(Br)cc1. The van der Waals surface area contributed by atoms with Crippen LogP contribution < -0.4 is 10.5 Å². The van der Waals surface area contributed by atoms with Gasteiger partial charge in [0.2, 0.25) is 5.78 Å². The van der Waals surface area contributed by atoms with E-state index >= 15 is 0 Å². The maximum absolute atomic E-state index is 12.5. The lowest BCUT2D eigenvalue weighted by molar-refractivity contribution is 0.0788. The second-order valence-corrected chi connectivity index (χ2v) is 5.84. The normalized spacial score (nSPS) is 12.0. The van der Waals surface area contributed by atoms with E-state index in [-0.39, 0.29) is 5.78 Å². The van der Waals surface area contributed by atoms with E-state index in [1.165, 1.54) is 0 Å². The molecule has 0 aromatic heterocycles. The number of hydrogen-bond acceptors (Lipinski definition) is 3. The lowest BCUT2D eigenvalue weighted by Gasteiger charge is -2.18. The van der Waals surface area contributed by atoms with Gasteiger partial charge in [-0.2, -0.15) is 0 Å². The molecule has 0 spiro atoms. The topological polar surface area (TPSA) is 52.3 Å². The van der Waals surface area contributed by atoms with Gasteiger partial charge in [-0.05, 0) is 43.2 Å². The number of Topliss-reactive ketones (excluding diaryl/α,β-unsaturated/α-hetero) is 1. The molecule has 2 N–H and O–H groups in total. The summed E-state index contributed by atoms with van der Waals surface area (Å²) in [4.78, 5) is 12.5. The van der Waals surface area contributed by atoms with Gasteiger partial charge in [-0.15, -0.1) is 0 Å². The second kappa shape index (κ2) is 6.76. The molecular formula is C17H18BrNO2. The predicted octanol–water partition coefficient (Wildman–Crippen LogP) is 4.38. The molecule has 4 heteroatoms. The number of hydrogen-bond donors (Lipinski definition) is 1. The Balaban J connectivity index is 2.19. The monoisotopic (exact) mass is 347 g/mol. The Morgan fingerprint density at radius 2 is 1.90 bits per heavy atom. The van der Waals surface area contributed by atoms with Crippen LogP contribution >= 0.6 is 15.9 Å². The number of ketones is 1. The molecule has 0 aliphatic heterocycles. The summed E-state index contributed by atoms with van der Waals surface area (Å²) >= 11 is 3.36. The largest absolute Gasteiger partial charge is 0.480 e. The third-order valence-corrected chi connectivity index (χ3v) is 3.76. The van der Waals surface area contributed by atoms with Crippen molar-refractivity contribution in [2.45, 2.75) is 26.4 Å². The Morgan fingerprint density at radius 3 is 2.48 bits per heavy atom. The first-order valence-electron chi connectivity index (χ1n) is 6.84. The highest BCUT2D eigenvalue weighted by Gasteiger charge is 2.21. The number of carbonyl (C=O) groups excluding carboxylic acids is 1. The first-order chi connectivity index (χ1) is 10.0. The summed E-state index contributed by atoms with van der Waals surface area (Å²) in [5.41, 5.74) is 8.19. The highest BCUT2D eigenvalue weighted by atomic mass is 79.9. The highest BCUT2D eigenvalue weighted by Crippen LogP contribution is 2.25. The molecule has 1 unspecified atom stereocenters. The molecule has 0 heterocycles. The van der Waals surface area contributed by atoms with E-state index in [0.717, 1.165) is 10.0 Å². The summed E-state index contributed by atoms with van der Waals surface area (Å²) in [6.07, 6.45) is 0.0542. The van der Waals surface area contributed by atoms with Crippen LogP contribution in [0.3, 0.4) is 0 Å². The van der Waals surface area contributed by atoms with Gasteiger partial charge < -0.3 is 10.5 Å². The van der Waals surface area contributed by atoms with Crippen LogP contribution in [0.5, 0.6) is 5.75 Å². The van der Waals surface area contributed by atoms with E-state index in [2.05, 4.69) is 15.9 Å². The van der Waals surface area contributed by atoms with E-state index in [1.807, 2.05) is 44.2 Å². The van der Waals surface area contributed by atoms with E-state index in [4.69, 9.17) is 10.5 Å². The lowest BCUT2D eigenvalue weighted by atomic mass is 10.0. The number of ether oxygens (including phenoxy) is 1. The molecule has 0 radical (unpaired) electrons. The average Bonchev–Trinajstić information content (AvgIpc) is 2.47. The van der Waals surface area contributed by atoms with Crippen molar-refractivity contribution in [3.05, 3.63) is 58.1 Å². The smallest absolute Gasteiger partial charge is 0.203 e. The van der Waals surface area contributed by atoms with E-state index in [1.54, 1.807) is 12.1 Å². The van der Waals surface area contributed by atoms with Crippen molar-refractivity contribution in [1.29, 1.82) is 0 Å². The lowest BCUT2D eigenvalue weighted by Crippen LogP contribution is -2.27. The molecule has 2 aromatic rings. The molecule has 0 amide bonds. The molecule has 2 rings (SSSR count). The van der Waals surface area contributed by atoms with Crippen LogP contribution in [0.25, 0.3) is 0 Å². The number of halogens is 1. The molecule has 2 aromatic carbocycles. The fraction of sp³-hybridized carbons (Fsp3) is 0.235. The molecule has 1 atom stereocenters. The van der Waals surface area contributed by atoms with Crippen LogP contribution in [0.2, 0.25) is 0 Å². The van der Waals surface area contributed by atoms with Crippen molar-refractivity contribution < 1.29 is 9.53 Å². The average molecular weight is 348 g/mol.